The summed E-state index contributed by atoms with van der Waals surface area (Å²) < 4.78 is 6.83. The van der Waals surface area contributed by atoms with Gasteiger partial charge >= 0.3 is 5.97 Å². The summed E-state index contributed by atoms with van der Waals surface area (Å²) in [5.74, 6) is -0.838. The average Bonchev–Trinajstić information content (AvgIpc) is 2.66. The van der Waals surface area contributed by atoms with Crippen LogP contribution in [0.4, 0.5) is 0 Å². The number of hydrogen-bond acceptors (Lipinski definition) is 4. The molecule has 0 bridgehead atoms. The van der Waals surface area contributed by atoms with E-state index in [9.17, 15) is 9.90 Å². The van der Waals surface area contributed by atoms with Gasteiger partial charge in [0.05, 0.1) is 19.4 Å². The van der Waals surface area contributed by atoms with Crippen LogP contribution in [0, 0.1) is 0 Å². The van der Waals surface area contributed by atoms with Crippen molar-refractivity contribution in [2.24, 2.45) is 7.05 Å². The number of aryl methyl sites for hydroxylation is 1. The molecule has 16 heavy (non-hydrogen) atoms. The van der Waals surface area contributed by atoms with E-state index in [0.29, 0.717) is 26.3 Å². The molecule has 1 atom stereocenters. The Bertz CT molecular complexity index is 371. The van der Waals surface area contributed by atoms with Gasteiger partial charge in [-0.05, 0) is 0 Å². The summed E-state index contributed by atoms with van der Waals surface area (Å²) >= 11 is 0. The molecular formula is C10H15N3O3. The summed E-state index contributed by atoms with van der Waals surface area (Å²) in [6, 6.07) is -0.613. The highest BCUT2D eigenvalue weighted by Crippen LogP contribution is 2.21. The third kappa shape index (κ3) is 2.23. The van der Waals surface area contributed by atoms with Crippen molar-refractivity contribution in [3.8, 4) is 0 Å². The zero-order valence-corrected chi connectivity index (χ0v) is 9.17. The van der Waals surface area contributed by atoms with E-state index in [1.807, 2.05) is 4.90 Å². The second-order valence-corrected chi connectivity index (χ2v) is 3.84. The number of morpholine rings is 1. The molecule has 2 heterocycles. The van der Waals surface area contributed by atoms with E-state index in [2.05, 4.69) is 5.10 Å². The minimum Gasteiger partial charge on any atom is -0.480 e. The van der Waals surface area contributed by atoms with Gasteiger partial charge in [-0.25, -0.2) is 0 Å². The highest BCUT2D eigenvalue weighted by Gasteiger charge is 2.29. The maximum atomic E-state index is 11.3. The second kappa shape index (κ2) is 4.63. The summed E-state index contributed by atoms with van der Waals surface area (Å²) in [5.41, 5.74) is 0.719. The number of rotatable bonds is 3. The molecule has 1 aliphatic heterocycles. The average molecular weight is 225 g/mol. The Balaban J connectivity index is 2.19. The van der Waals surface area contributed by atoms with E-state index in [4.69, 9.17) is 4.74 Å². The van der Waals surface area contributed by atoms with Crippen molar-refractivity contribution >= 4 is 5.97 Å². The molecule has 0 aromatic carbocycles. The SMILES string of the molecule is Cn1cc(C(C(=O)O)N2CCOCC2)cn1. The zero-order valence-electron chi connectivity index (χ0n) is 9.17. The molecule has 0 saturated carbocycles. The van der Waals surface area contributed by atoms with Crippen molar-refractivity contribution in [3.05, 3.63) is 18.0 Å². The third-order valence-corrected chi connectivity index (χ3v) is 2.69. The van der Waals surface area contributed by atoms with Crippen LogP contribution in [-0.2, 0) is 16.6 Å². The molecule has 1 aromatic heterocycles. The lowest BCUT2D eigenvalue weighted by atomic mass is 10.1. The maximum absolute atomic E-state index is 11.3. The first-order valence-electron chi connectivity index (χ1n) is 5.21. The lowest BCUT2D eigenvalue weighted by Crippen LogP contribution is -2.42. The number of ether oxygens (including phenoxy) is 1. The Kier molecular flexibility index (Phi) is 3.21. The van der Waals surface area contributed by atoms with Gasteiger partial charge in [-0.15, -0.1) is 0 Å². The smallest absolute Gasteiger partial charge is 0.325 e. The summed E-state index contributed by atoms with van der Waals surface area (Å²) in [6.45, 7) is 2.46. The van der Waals surface area contributed by atoms with Crippen LogP contribution in [0.1, 0.15) is 11.6 Å². The van der Waals surface area contributed by atoms with E-state index >= 15 is 0 Å². The van der Waals surface area contributed by atoms with Gasteiger partial charge in [0.15, 0.2) is 0 Å². The van der Waals surface area contributed by atoms with Crippen molar-refractivity contribution in [1.82, 2.24) is 14.7 Å². The van der Waals surface area contributed by atoms with E-state index in [1.165, 1.54) is 0 Å². The van der Waals surface area contributed by atoms with Gasteiger partial charge in [0.25, 0.3) is 0 Å². The van der Waals surface area contributed by atoms with Crippen molar-refractivity contribution in [2.75, 3.05) is 26.3 Å². The van der Waals surface area contributed by atoms with Gasteiger partial charge in [-0.1, -0.05) is 0 Å². The molecule has 0 radical (unpaired) electrons. The standard InChI is InChI=1S/C10H15N3O3/c1-12-7-8(6-11-12)9(10(14)15)13-2-4-16-5-3-13/h6-7,9H,2-5H2,1H3,(H,14,15). The van der Waals surface area contributed by atoms with Crippen LogP contribution >= 0.6 is 0 Å². The van der Waals surface area contributed by atoms with Gasteiger partial charge < -0.3 is 9.84 Å². The first-order chi connectivity index (χ1) is 7.68. The van der Waals surface area contributed by atoms with Crippen LogP contribution in [-0.4, -0.2) is 52.1 Å². The zero-order chi connectivity index (χ0) is 11.5. The number of aromatic nitrogens is 2. The van der Waals surface area contributed by atoms with Crippen LogP contribution in [0.3, 0.4) is 0 Å². The van der Waals surface area contributed by atoms with Crippen LogP contribution in [0.15, 0.2) is 12.4 Å². The van der Waals surface area contributed by atoms with Crippen LogP contribution in [0.2, 0.25) is 0 Å². The van der Waals surface area contributed by atoms with Gasteiger partial charge in [0.1, 0.15) is 6.04 Å². The molecule has 1 fully saturated rings. The molecule has 0 aliphatic carbocycles. The highest BCUT2D eigenvalue weighted by molar-refractivity contribution is 5.75. The topological polar surface area (TPSA) is 67.6 Å². The Hall–Kier alpha value is -1.40. The van der Waals surface area contributed by atoms with E-state index in [0.717, 1.165) is 5.56 Å². The minimum atomic E-state index is -0.838. The Morgan fingerprint density at radius 1 is 1.56 bits per heavy atom. The van der Waals surface area contributed by atoms with E-state index in [1.54, 1.807) is 24.1 Å². The molecule has 1 aliphatic rings. The van der Waals surface area contributed by atoms with Crippen molar-refractivity contribution in [2.45, 2.75) is 6.04 Å². The summed E-state index contributed by atoms with van der Waals surface area (Å²) in [7, 11) is 1.78. The Labute approximate surface area is 93.4 Å². The quantitative estimate of drug-likeness (QED) is 0.776. The molecular weight excluding hydrogens is 210 g/mol. The predicted molar refractivity (Wildman–Crippen MR) is 56.0 cm³/mol. The van der Waals surface area contributed by atoms with Gasteiger partial charge in [-0.2, -0.15) is 5.10 Å². The first-order valence-corrected chi connectivity index (χ1v) is 5.21. The van der Waals surface area contributed by atoms with Crippen LogP contribution in [0.25, 0.3) is 0 Å². The second-order valence-electron chi connectivity index (χ2n) is 3.84. The molecule has 1 saturated heterocycles. The summed E-state index contributed by atoms with van der Waals surface area (Å²) in [6.07, 6.45) is 3.35. The maximum Gasteiger partial charge on any atom is 0.325 e. The Morgan fingerprint density at radius 2 is 2.25 bits per heavy atom. The number of nitrogens with zero attached hydrogens (tertiary/aromatic N) is 3. The lowest BCUT2D eigenvalue weighted by molar-refractivity contribution is -0.145. The lowest BCUT2D eigenvalue weighted by Gasteiger charge is -2.31. The Morgan fingerprint density at radius 3 is 2.75 bits per heavy atom. The van der Waals surface area contributed by atoms with E-state index < -0.39 is 12.0 Å². The minimum absolute atomic E-state index is 0.587. The van der Waals surface area contributed by atoms with E-state index in [-0.39, 0.29) is 0 Å². The molecule has 1 N–H and O–H groups in total. The molecule has 6 nitrogen and oxygen atoms in total. The molecule has 1 unspecified atom stereocenters. The van der Waals surface area contributed by atoms with Gasteiger partial charge in [0.2, 0.25) is 0 Å². The first kappa shape index (κ1) is 11.1. The van der Waals surface area contributed by atoms with Gasteiger partial charge in [0, 0.05) is 31.9 Å². The number of hydrogen-bond donors (Lipinski definition) is 1. The molecule has 2 rings (SSSR count). The van der Waals surface area contributed by atoms with Crippen LogP contribution in [0.5, 0.6) is 0 Å². The number of carbonyl (C=O) groups is 1. The third-order valence-electron chi connectivity index (χ3n) is 2.69. The number of carboxylic acid groups (broad SMARTS) is 1. The number of aliphatic carboxylic acids is 1. The predicted octanol–water partition coefficient (Wildman–Crippen LogP) is -0.122. The fraction of sp³-hybridized carbons (Fsp3) is 0.600. The summed E-state index contributed by atoms with van der Waals surface area (Å²) in [4.78, 5) is 13.2. The molecule has 0 spiro atoms. The largest absolute Gasteiger partial charge is 0.480 e. The molecule has 0 amide bonds. The van der Waals surface area contributed by atoms with Gasteiger partial charge in [-0.3, -0.25) is 14.4 Å². The normalized spacial score (nSPS) is 19.6. The number of carboxylic acids is 1. The van der Waals surface area contributed by atoms with Crippen molar-refractivity contribution in [3.63, 3.8) is 0 Å². The molecule has 88 valence electrons. The fourth-order valence-electron chi connectivity index (χ4n) is 1.93. The highest BCUT2D eigenvalue weighted by atomic mass is 16.5. The molecule has 6 heteroatoms. The summed E-state index contributed by atoms with van der Waals surface area (Å²) in [5, 5.41) is 13.3. The van der Waals surface area contributed by atoms with Crippen LogP contribution < -0.4 is 0 Å². The fourth-order valence-corrected chi connectivity index (χ4v) is 1.93. The van der Waals surface area contributed by atoms with Crippen molar-refractivity contribution in [1.29, 1.82) is 0 Å². The molecule has 1 aromatic rings. The van der Waals surface area contributed by atoms with Crippen molar-refractivity contribution < 1.29 is 14.6 Å². The monoisotopic (exact) mass is 225 g/mol.